The van der Waals surface area contributed by atoms with Gasteiger partial charge in [-0.3, -0.25) is 0 Å². The highest BCUT2D eigenvalue weighted by molar-refractivity contribution is 7.16. The van der Waals surface area contributed by atoms with E-state index in [4.69, 9.17) is 9.47 Å². The number of hydrogen-bond donors (Lipinski definition) is 1. The van der Waals surface area contributed by atoms with Gasteiger partial charge in [0.25, 0.3) is 0 Å². The van der Waals surface area contributed by atoms with Crippen LogP contribution in [-0.4, -0.2) is 35.8 Å². The zero-order chi connectivity index (χ0) is 15.1. The van der Waals surface area contributed by atoms with Gasteiger partial charge in [-0.25, -0.2) is 9.97 Å². The molecule has 0 spiro atoms. The number of anilines is 1. The van der Waals surface area contributed by atoms with E-state index in [-0.39, 0.29) is 6.10 Å². The van der Waals surface area contributed by atoms with Gasteiger partial charge in [0, 0.05) is 13.2 Å². The van der Waals surface area contributed by atoms with Crippen LogP contribution in [0.2, 0.25) is 0 Å². The number of aromatic nitrogens is 2. The second-order valence-corrected chi connectivity index (χ2v) is 5.73. The normalized spacial score (nSPS) is 12.7. The molecule has 0 saturated heterocycles. The predicted octanol–water partition coefficient (Wildman–Crippen LogP) is 3.45. The van der Waals surface area contributed by atoms with Crippen molar-refractivity contribution in [3.8, 4) is 0 Å². The lowest BCUT2D eigenvalue weighted by Gasteiger charge is -2.13. The zero-order valence-corrected chi connectivity index (χ0v) is 13.7. The summed E-state index contributed by atoms with van der Waals surface area (Å²) in [5, 5.41) is 6.48. The van der Waals surface area contributed by atoms with Crippen LogP contribution in [0.15, 0.2) is 11.4 Å². The van der Waals surface area contributed by atoms with Gasteiger partial charge in [0.05, 0.1) is 18.1 Å². The van der Waals surface area contributed by atoms with E-state index >= 15 is 0 Å². The van der Waals surface area contributed by atoms with Crippen molar-refractivity contribution in [1.82, 2.24) is 9.97 Å². The molecule has 6 heteroatoms. The highest BCUT2D eigenvalue weighted by Crippen LogP contribution is 2.25. The molecule has 1 atom stereocenters. The van der Waals surface area contributed by atoms with Gasteiger partial charge in [0.15, 0.2) is 5.82 Å². The molecule has 0 aliphatic carbocycles. The van der Waals surface area contributed by atoms with Crippen LogP contribution in [0, 0.1) is 0 Å². The molecule has 0 saturated carbocycles. The third-order valence-electron chi connectivity index (χ3n) is 2.97. The molecule has 21 heavy (non-hydrogen) atoms. The molecule has 0 radical (unpaired) electrons. The molecule has 2 aromatic rings. The Labute approximate surface area is 129 Å². The minimum Gasteiger partial charge on any atom is -0.379 e. The van der Waals surface area contributed by atoms with Crippen LogP contribution in [0.1, 0.15) is 33.0 Å². The van der Waals surface area contributed by atoms with Crippen molar-refractivity contribution in [3.05, 3.63) is 17.3 Å². The molecule has 1 N–H and O–H groups in total. The van der Waals surface area contributed by atoms with Gasteiger partial charge in [-0.2, -0.15) is 0 Å². The molecule has 0 amide bonds. The van der Waals surface area contributed by atoms with Gasteiger partial charge in [0.2, 0.25) is 0 Å². The summed E-state index contributed by atoms with van der Waals surface area (Å²) in [4.78, 5) is 10.1. The quantitative estimate of drug-likeness (QED) is 0.769. The Hall–Kier alpha value is -1.24. The van der Waals surface area contributed by atoms with E-state index in [1.165, 1.54) is 0 Å². The largest absolute Gasteiger partial charge is 0.379 e. The summed E-state index contributed by atoms with van der Waals surface area (Å²) in [5.74, 6) is 1.62. The molecule has 5 nitrogen and oxygen atoms in total. The minimum absolute atomic E-state index is 0.0413. The van der Waals surface area contributed by atoms with Crippen LogP contribution in [0.5, 0.6) is 0 Å². The van der Waals surface area contributed by atoms with Crippen LogP contribution >= 0.6 is 11.3 Å². The van der Waals surface area contributed by atoms with Crippen LogP contribution in [-0.2, 0) is 16.1 Å². The summed E-state index contributed by atoms with van der Waals surface area (Å²) in [7, 11) is 0. The maximum atomic E-state index is 5.74. The fourth-order valence-electron chi connectivity index (χ4n) is 1.89. The molecule has 2 rings (SSSR count). The van der Waals surface area contributed by atoms with E-state index in [0.29, 0.717) is 25.6 Å². The number of rotatable bonds is 9. The van der Waals surface area contributed by atoms with E-state index in [9.17, 15) is 0 Å². The second kappa shape index (κ2) is 8.26. The lowest BCUT2D eigenvalue weighted by molar-refractivity contribution is -0.0138. The highest BCUT2D eigenvalue weighted by atomic mass is 32.1. The van der Waals surface area contributed by atoms with Crippen LogP contribution < -0.4 is 5.32 Å². The fourth-order valence-corrected chi connectivity index (χ4v) is 2.67. The molecule has 1 unspecified atom stereocenters. The van der Waals surface area contributed by atoms with Gasteiger partial charge in [-0.1, -0.05) is 6.92 Å². The summed E-state index contributed by atoms with van der Waals surface area (Å²) < 4.78 is 11.1. The molecule has 0 aliphatic rings. The van der Waals surface area contributed by atoms with Gasteiger partial charge in [0.1, 0.15) is 17.3 Å². The topological polar surface area (TPSA) is 56.3 Å². The molecule has 0 aromatic carbocycles. The molecular formula is C15H23N3O2S. The van der Waals surface area contributed by atoms with Crippen molar-refractivity contribution in [2.24, 2.45) is 0 Å². The number of nitrogens with zero attached hydrogens (tertiary/aromatic N) is 2. The Kier molecular flexibility index (Phi) is 6.35. The first-order chi connectivity index (χ1) is 10.2. The van der Waals surface area contributed by atoms with E-state index in [2.05, 4.69) is 28.3 Å². The SMILES string of the molecule is CCCNc1nc(COC(C)COCC)nc2sccc12. The molecule has 2 heterocycles. The summed E-state index contributed by atoms with van der Waals surface area (Å²) >= 11 is 1.63. The number of nitrogens with one attached hydrogen (secondary N) is 1. The number of ether oxygens (including phenoxy) is 2. The van der Waals surface area contributed by atoms with Gasteiger partial charge >= 0.3 is 0 Å². The summed E-state index contributed by atoms with van der Waals surface area (Å²) in [5.41, 5.74) is 0. The van der Waals surface area contributed by atoms with Crippen molar-refractivity contribution in [2.75, 3.05) is 25.1 Å². The Bertz CT molecular complexity index is 559. The first-order valence-electron chi connectivity index (χ1n) is 7.41. The molecule has 0 bridgehead atoms. The smallest absolute Gasteiger partial charge is 0.158 e. The average Bonchev–Trinajstić information content (AvgIpc) is 2.97. The predicted molar refractivity (Wildman–Crippen MR) is 86.9 cm³/mol. The van der Waals surface area contributed by atoms with E-state index in [1.807, 2.05) is 19.2 Å². The highest BCUT2D eigenvalue weighted by Gasteiger charge is 2.10. The van der Waals surface area contributed by atoms with Crippen molar-refractivity contribution >= 4 is 27.4 Å². The van der Waals surface area contributed by atoms with Gasteiger partial charge in [-0.05, 0) is 31.7 Å². The first-order valence-corrected chi connectivity index (χ1v) is 8.29. The maximum absolute atomic E-state index is 5.74. The zero-order valence-electron chi connectivity index (χ0n) is 12.9. The van der Waals surface area contributed by atoms with Crippen LogP contribution in [0.3, 0.4) is 0 Å². The lowest BCUT2D eigenvalue weighted by atomic mass is 10.3. The van der Waals surface area contributed by atoms with Gasteiger partial charge < -0.3 is 14.8 Å². The average molecular weight is 309 g/mol. The molecule has 0 aliphatic heterocycles. The van der Waals surface area contributed by atoms with Crippen LogP contribution in [0.25, 0.3) is 10.2 Å². The van der Waals surface area contributed by atoms with Crippen molar-refractivity contribution in [2.45, 2.75) is 39.9 Å². The third-order valence-corrected chi connectivity index (χ3v) is 3.77. The fraction of sp³-hybridized carbons (Fsp3) is 0.600. The molecule has 2 aromatic heterocycles. The summed E-state index contributed by atoms with van der Waals surface area (Å²) in [6, 6.07) is 2.06. The Morgan fingerprint density at radius 3 is 2.95 bits per heavy atom. The van der Waals surface area contributed by atoms with Crippen molar-refractivity contribution < 1.29 is 9.47 Å². The van der Waals surface area contributed by atoms with Gasteiger partial charge in [-0.15, -0.1) is 11.3 Å². The number of fused-ring (bicyclic) bond motifs is 1. The minimum atomic E-state index is 0.0413. The summed E-state index contributed by atoms with van der Waals surface area (Å²) in [6.45, 7) is 8.72. The Morgan fingerprint density at radius 2 is 2.19 bits per heavy atom. The van der Waals surface area contributed by atoms with Crippen LogP contribution in [0.4, 0.5) is 5.82 Å². The summed E-state index contributed by atoms with van der Waals surface area (Å²) in [6.07, 6.45) is 1.10. The monoisotopic (exact) mass is 309 g/mol. The van der Waals surface area contributed by atoms with E-state index in [0.717, 1.165) is 29.0 Å². The molecule has 116 valence electrons. The maximum Gasteiger partial charge on any atom is 0.158 e. The van der Waals surface area contributed by atoms with E-state index < -0.39 is 0 Å². The first kappa shape index (κ1) is 16.1. The Balaban J connectivity index is 2.05. The Morgan fingerprint density at radius 1 is 1.33 bits per heavy atom. The second-order valence-electron chi connectivity index (χ2n) is 4.84. The van der Waals surface area contributed by atoms with E-state index in [1.54, 1.807) is 11.3 Å². The lowest BCUT2D eigenvalue weighted by Crippen LogP contribution is -2.17. The van der Waals surface area contributed by atoms with Crippen molar-refractivity contribution in [1.29, 1.82) is 0 Å². The number of thiophene rings is 1. The third kappa shape index (κ3) is 4.62. The molecular weight excluding hydrogens is 286 g/mol. The molecule has 0 fully saturated rings. The van der Waals surface area contributed by atoms with Crippen molar-refractivity contribution in [3.63, 3.8) is 0 Å². The standard InChI is InChI=1S/C15H23N3O2S/c1-4-7-16-14-12-6-8-21-15(12)18-13(17-14)10-20-11(3)9-19-5-2/h6,8,11H,4-5,7,9-10H2,1-3H3,(H,16,17,18). The number of hydrogen-bond acceptors (Lipinski definition) is 6.